The molecule has 0 spiro atoms. The van der Waals surface area contributed by atoms with Crippen molar-refractivity contribution >= 4 is 27.9 Å². The standard InChI is InChI=1S/C11H11NOS/c1-8(4-5-13)9-2-3-10-7-12-14-11(10)6-9/h2-3,5-8H,4H2,1H3. The van der Waals surface area contributed by atoms with Gasteiger partial charge in [-0.15, -0.1) is 0 Å². The maximum absolute atomic E-state index is 10.4. The summed E-state index contributed by atoms with van der Waals surface area (Å²) in [4.78, 5) is 10.4. The van der Waals surface area contributed by atoms with Gasteiger partial charge in [0.2, 0.25) is 0 Å². The molecule has 72 valence electrons. The zero-order valence-electron chi connectivity index (χ0n) is 7.93. The fraction of sp³-hybridized carbons (Fsp3) is 0.273. The highest BCUT2D eigenvalue weighted by atomic mass is 32.1. The number of nitrogens with zero attached hydrogens (tertiary/aromatic N) is 1. The minimum absolute atomic E-state index is 0.305. The number of fused-ring (bicyclic) bond motifs is 1. The molecular weight excluding hydrogens is 194 g/mol. The van der Waals surface area contributed by atoms with Crippen LogP contribution in [0.2, 0.25) is 0 Å². The van der Waals surface area contributed by atoms with Gasteiger partial charge in [0.1, 0.15) is 6.29 Å². The molecule has 0 saturated carbocycles. The summed E-state index contributed by atoms with van der Waals surface area (Å²) in [5, 5.41) is 1.18. The molecule has 1 atom stereocenters. The van der Waals surface area contributed by atoms with Gasteiger partial charge < -0.3 is 4.79 Å². The number of carbonyl (C=O) groups is 1. The van der Waals surface area contributed by atoms with E-state index in [9.17, 15) is 4.79 Å². The van der Waals surface area contributed by atoms with Gasteiger partial charge >= 0.3 is 0 Å². The van der Waals surface area contributed by atoms with Gasteiger partial charge in [0.25, 0.3) is 0 Å². The summed E-state index contributed by atoms with van der Waals surface area (Å²) in [6, 6.07) is 6.27. The summed E-state index contributed by atoms with van der Waals surface area (Å²) in [6.07, 6.45) is 3.43. The molecule has 1 aromatic carbocycles. The molecular formula is C11H11NOS. The van der Waals surface area contributed by atoms with Crippen molar-refractivity contribution < 1.29 is 4.79 Å². The fourth-order valence-electron chi connectivity index (χ4n) is 1.46. The van der Waals surface area contributed by atoms with Gasteiger partial charge in [-0.2, -0.15) is 4.37 Å². The summed E-state index contributed by atoms with van der Waals surface area (Å²) in [5.74, 6) is 0.305. The van der Waals surface area contributed by atoms with E-state index in [0.717, 1.165) is 6.29 Å². The molecule has 2 rings (SSSR count). The maximum Gasteiger partial charge on any atom is 0.120 e. The summed E-state index contributed by atoms with van der Waals surface area (Å²) < 4.78 is 5.31. The van der Waals surface area contributed by atoms with Gasteiger partial charge in [-0.05, 0) is 29.1 Å². The first-order valence-corrected chi connectivity index (χ1v) is 5.36. The number of benzene rings is 1. The van der Waals surface area contributed by atoms with Crippen molar-refractivity contribution in [3.8, 4) is 0 Å². The molecule has 1 heterocycles. The summed E-state index contributed by atoms with van der Waals surface area (Å²) in [7, 11) is 0. The van der Waals surface area contributed by atoms with Crippen LogP contribution in [-0.2, 0) is 4.79 Å². The molecule has 3 heteroatoms. The molecule has 1 unspecified atom stereocenters. The normalized spacial score (nSPS) is 12.9. The van der Waals surface area contributed by atoms with Crippen LogP contribution in [0.3, 0.4) is 0 Å². The van der Waals surface area contributed by atoms with Gasteiger partial charge in [0, 0.05) is 18.0 Å². The Morgan fingerprint density at radius 1 is 1.57 bits per heavy atom. The van der Waals surface area contributed by atoms with Crippen LogP contribution in [0.15, 0.2) is 24.4 Å². The van der Waals surface area contributed by atoms with E-state index in [0.29, 0.717) is 12.3 Å². The van der Waals surface area contributed by atoms with Crippen molar-refractivity contribution in [2.45, 2.75) is 19.3 Å². The van der Waals surface area contributed by atoms with E-state index in [1.54, 1.807) is 0 Å². The Balaban J connectivity index is 2.38. The first-order valence-electron chi connectivity index (χ1n) is 4.59. The Hall–Kier alpha value is -1.22. The van der Waals surface area contributed by atoms with Crippen LogP contribution in [-0.4, -0.2) is 10.7 Å². The van der Waals surface area contributed by atoms with Crippen LogP contribution >= 0.6 is 11.5 Å². The van der Waals surface area contributed by atoms with Crippen LogP contribution in [0.4, 0.5) is 0 Å². The van der Waals surface area contributed by atoms with E-state index in [4.69, 9.17) is 0 Å². The minimum atomic E-state index is 0.305. The zero-order chi connectivity index (χ0) is 9.97. The average molecular weight is 205 g/mol. The third-order valence-corrected chi connectivity index (χ3v) is 3.16. The van der Waals surface area contributed by atoms with Gasteiger partial charge in [-0.3, -0.25) is 0 Å². The molecule has 2 aromatic rings. The summed E-state index contributed by atoms with van der Waals surface area (Å²) in [6.45, 7) is 2.07. The minimum Gasteiger partial charge on any atom is -0.303 e. The molecule has 0 aliphatic rings. The maximum atomic E-state index is 10.4. The Kier molecular flexibility index (Phi) is 2.59. The molecule has 0 saturated heterocycles. The summed E-state index contributed by atoms with van der Waals surface area (Å²) in [5.41, 5.74) is 1.22. The molecule has 0 fully saturated rings. The second-order valence-corrected chi connectivity index (χ2v) is 4.26. The third kappa shape index (κ3) is 1.68. The Morgan fingerprint density at radius 3 is 3.21 bits per heavy atom. The molecule has 0 radical (unpaired) electrons. The van der Waals surface area contributed by atoms with E-state index in [2.05, 4.69) is 29.5 Å². The number of hydrogen-bond donors (Lipinski definition) is 0. The van der Waals surface area contributed by atoms with Crippen LogP contribution in [0.25, 0.3) is 10.1 Å². The highest BCUT2D eigenvalue weighted by Crippen LogP contribution is 2.25. The molecule has 2 nitrogen and oxygen atoms in total. The van der Waals surface area contributed by atoms with E-state index in [1.165, 1.54) is 27.2 Å². The van der Waals surface area contributed by atoms with E-state index < -0.39 is 0 Å². The van der Waals surface area contributed by atoms with Crippen LogP contribution < -0.4 is 0 Å². The molecule has 0 N–H and O–H groups in total. The lowest BCUT2D eigenvalue weighted by atomic mass is 9.98. The molecule has 0 aliphatic carbocycles. The van der Waals surface area contributed by atoms with E-state index in [-0.39, 0.29) is 0 Å². The van der Waals surface area contributed by atoms with Crippen molar-refractivity contribution in [3.63, 3.8) is 0 Å². The topological polar surface area (TPSA) is 30.0 Å². The molecule has 0 bridgehead atoms. The Bertz CT molecular complexity index is 449. The second-order valence-electron chi connectivity index (χ2n) is 3.43. The fourth-order valence-corrected chi connectivity index (χ4v) is 2.16. The van der Waals surface area contributed by atoms with E-state index >= 15 is 0 Å². The molecule has 1 aromatic heterocycles. The van der Waals surface area contributed by atoms with Crippen LogP contribution in [0, 0.1) is 0 Å². The lowest BCUT2D eigenvalue weighted by Crippen LogP contribution is -1.93. The van der Waals surface area contributed by atoms with Gasteiger partial charge in [-0.1, -0.05) is 19.1 Å². The molecule has 0 aliphatic heterocycles. The number of aldehydes is 1. The lowest BCUT2D eigenvalue weighted by molar-refractivity contribution is -0.108. The number of rotatable bonds is 3. The summed E-state index contributed by atoms with van der Waals surface area (Å²) >= 11 is 1.50. The number of hydrogen-bond acceptors (Lipinski definition) is 3. The van der Waals surface area contributed by atoms with Gasteiger partial charge in [0.05, 0.1) is 4.70 Å². The number of carbonyl (C=O) groups excluding carboxylic acids is 1. The lowest BCUT2D eigenvalue weighted by Gasteiger charge is -2.07. The van der Waals surface area contributed by atoms with Crippen LogP contribution in [0.5, 0.6) is 0 Å². The molecule has 14 heavy (non-hydrogen) atoms. The Labute approximate surface area is 86.7 Å². The highest BCUT2D eigenvalue weighted by Gasteiger charge is 2.06. The quantitative estimate of drug-likeness (QED) is 0.721. The number of aromatic nitrogens is 1. The third-order valence-electron chi connectivity index (χ3n) is 2.40. The van der Waals surface area contributed by atoms with Crippen molar-refractivity contribution in [2.75, 3.05) is 0 Å². The van der Waals surface area contributed by atoms with Gasteiger partial charge in [0.15, 0.2) is 0 Å². The van der Waals surface area contributed by atoms with Crippen LogP contribution in [0.1, 0.15) is 24.8 Å². The first kappa shape index (κ1) is 9.34. The largest absolute Gasteiger partial charge is 0.303 e. The monoisotopic (exact) mass is 205 g/mol. The van der Waals surface area contributed by atoms with Crippen molar-refractivity contribution in [1.82, 2.24) is 4.37 Å². The SMILES string of the molecule is CC(CC=O)c1ccc2cnsc2c1. The smallest absolute Gasteiger partial charge is 0.120 e. The van der Waals surface area contributed by atoms with E-state index in [1.807, 2.05) is 6.20 Å². The molecule has 0 amide bonds. The predicted octanol–water partition coefficient (Wildman–Crippen LogP) is 2.99. The van der Waals surface area contributed by atoms with Gasteiger partial charge in [-0.25, -0.2) is 0 Å². The van der Waals surface area contributed by atoms with Crippen molar-refractivity contribution in [3.05, 3.63) is 30.0 Å². The van der Waals surface area contributed by atoms with Crippen molar-refractivity contribution in [1.29, 1.82) is 0 Å². The Morgan fingerprint density at radius 2 is 2.43 bits per heavy atom. The first-order chi connectivity index (χ1) is 6.81. The van der Waals surface area contributed by atoms with Crippen molar-refractivity contribution in [2.24, 2.45) is 0 Å². The zero-order valence-corrected chi connectivity index (χ0v) is 8.75. The highest BCUT2D eigenvalue weighted by molar-refractivity contribution is 7.13. The predicted molar refractivity (Wildman–Crippen MR) is 58.7 cm³/mol. The second kappa shape index (κ2) is 3.88. The average Bonchev–Trinajstić information content (AvgIpc) is 2.64.